The molecule has 2 aromatic rings. The van der Waals surface area contributed by atoms with Crippen LogP contribution in [0, 0.1) is 10.1 Å². The molecule has 0 bridgehead atoms. The van der Waals surface area contributed by atoms with Gasteiger partial charge in [0.15, 0.2) is 0 Å². The van der Waals surface area contributed by atoms with E-state index >= 15 is 0 Å². The predicted molar refractivity (Wildman–Crippen MR) is 77.3 cm³/mol. The molecule has 1 heterocycles. The summed E-state index contributed by atoms with van der Waals surface area (Å²) in [6.07, 6.45) is 2.62. The third-order valence-electron chi connectivity index (χ3n) is 2.94. The smallest absolute Gasteiger partial charge is 0.270 e. The van der Waals surface area contributed by atoms with Gasteiger partial charge in [0.25, 0.3) is 10.9 Å². The molecule has 0 amide bonds. The van der Waals surface area contributed by atoms with Crippen LogP contribution in [-0.4, -0.2) is 10.2 Å². The van der Waals surface area contributed by atoms with Crippen LogP contribution in [0.2, 0.25) is 0 Å². The molecule has 0 aliphatic heterocycles. The SMILES string of the molecule is CCCCc1c(C(=O)Cl)sc2ccc([N+](=O)[O-])cc12. The summed E-state index contributed by atoms with van der Waals surface area (Å²) in [5.41, 5.74) is 0.877. The van der Waals surface area contributed by atoms with E-state index in [1.54, 1.807) is 6.07 Å². The lowest BCUT2D eigenvalue weighted by molar-refractivity contribution is -0.384. The molecule has 0 saturated carbocycles. The molecule has 6 heteroatoms. The van der Waals surface area contributed by atoms with Crippen molar-refractivity contribution in [1.82, 2.24) is 0 Å². The minimum absolute atomic E-state index is 0.0385. The molecular formula is C13H12ClNO3S. The zero-order valence-corrected chi connectivity index (χ0v) is 11.9. The highest BCUT2D eigenvalue weighted by molar-refractivity contribution is 7.22. The van der Waals surface area contributed by atoms with Crippen molar-refractivity contribution in [2.45, 2.75) is 26.2 Å². The van der Waals surface area contributed by atoms with Crippen LogP contribution < -0.4 is 0 Å². The van der Waals surface area contributed by atoms with Crippen LogP contribution in [0.1, 0.15) is 35.0 Å². The van der Waals surface area contributed by atoms with Crippen LogP contribution in [0.3, 0.4) is 0 Å². The van der Waals surface area contributed by atoms with Crippen LogP contribution in [0.4, 0.5) is 5.69 Å². The molecule has 0 N–H and O–H groups in total. The van der Waals surface area contributed by atoms with Crippen LogP contribution in [-0.2, 0) is 6.42 Å². The van der Waals surface area contributed by atoms with Gasteiger partial charge < -0.3 is 0 Å². The largest absolute Gasteiger partial charge is 0.275 e. The number of nitrogens with zero attached hydrogens (tertiary/aromatic N) is 1. The molecule has 0 fully saturated rings. The Kier molecular flexibility index (Phi) is 4.17. The van der Waals surface area contributed by atoms with Crippen molar-refractivity contribution in [2.75, 3.05) is 0 Å². The lowest BCUT2D eigenvalue weighted by Gasteiger charge is -2.00. The van der Waals surface area contributed by atoms with Crippen LogP contribution in [0.25, 0.3) is 10.1 Å². The highest BCUT2D eigenvalue weighted by Gasteiger charge is 2.18. The monoisotopic (exact) mass is 297 g/mol. The fraction of sp³-hybridized carbons (Fsp3) is 0.308. The van der Waals surface area contributed by atoms with Gasteiger partial charge in [-0.05, 0) is 36.1 Å². The number of benzene rings is 1. The Bertz CT molecular complexity index is 651. The van der Waals surface area contributed by atoms with Crippen molar-refractivity contribution >= 4 is 44.0 Å². The minimum atomic E-state index is -0.491. The fourth-order valence-electron chi connectivity index (χ4n) is 2.01. The van der Waals surface area contributed by atoms with Crippen LogP contribution >= 0.6 is 22.9 Å². The third kappa shape index (κ3) is 2.77. The Morgan fingerprint density at radius 1 is 1.47 bits per heavy atom. The number of carbonyl (C=O) groups is 1. The Balaban J connectivity index is 2.62. The predicted octanol–water partition coefficient (Wildman–Crippen LogP) is 4.53. The van der Waals surface area contributed by atoms with Gasteiger partial charge in [-0.2, -0.15) is 0 Å². The first kappa shape index (κ1) is 14.0. The maximum atomic E-state index is 11.5. The number of halogens is 1. The van der Waals surface area contributed by atoms with Crippen molar-refractivity contribution in [1.29, 1.82) is 0 Å². The van der Waals surface area contributed by atoms with Gasteiger partial charge in [-0.3, -0.25) is 14.9 Å². The van der Waals surface area contributed by atoms with Crippen molar-refractivity contribution in [3.63, 3.8) is 0 Å². The standard InChI is InChI=1S/C13H12ClNO3S/c1-2-3-4-9-10-7-8(15(17)18)5-6-11(10)19-12(9)13(14)16/h5-7H,2-4H2,1H3. The molecule has 0 aliphatic carbocycles. The molecule has 0 radical (unpaired) electrons. The van der Waals surface area contributed by atoms with Gasteiger partial charge in [0.05, 0.1) is 9.80 Å². The zero-order valence-electron chi connectivity index (χ0n) is 10.3. The average molecular weight is 298 g/mol. The molecule has 0 atom stereocenters. The van der Waals surface area contributed by atoms with E-state index in [0.29, 0.717) is 11.3 Å². The Morgan fingerprint density at radius 2 is 2.21 bits per heavy atom. The average Bonchev–Trinajstić information content (AvgIpc) is 2.74. The number of carbonyl (C=O) groups excluding carboxylic acids is 1. The Morgan fingerprint density at radius 3 is 2.79 bits per heavy atom. The first-order valence-corrected chi connectivity index (χ1v) is 7.13. The summed E-state index contributed by atoms with van der Waals surface area (Å²) in [4.78, 5) is 22.4. The van der Waals surface area contributed by atoms with E-state index in [-0.39, 0.29) is 5.69 Å². The number of aryl methyl sites for hydroxylation is 1. The third-order valence-corrected chi connectivity index (χ3v) is 4.46. The second-order valence-corrected chi connectivity index (χ2v) is 5.62. The number of nitro benzene ring substituents is 1. The summed E-state index contributed by atoms with van der Waals surface area (Å²) in [5, 5.41) is 11.1. The van der Waals surface area contributed by atoms with E-state index < -0.39 is 10.2 Å². The van der Waals surface area contributed by atoms with E-state index in [9.17, 15) is 14.9 Å². The minimum Gasteiger partial charge on any atom is -0.275 e. The maximum absolute atomic E-state index is 11.5. The molecule has 0 unspecified atom stereocenters. The lowest BCUT2D eigenvalue weighted by atomic mass is 10.0. The number of hydrogen-bond acceptors (Lipinski definition) is 4. The first-order chi connectivity index (χ1) is 9.04. The van der Waals surface area contributed by atoms with Gasteiger partial charge in [-0.1, -0.05) is 13.3 Å². The van der Waals surface area contributed by atoms with Gasteiger partial charge in [0.2, 0.25) is 0 Å². The highest BCUT2D eigenvalue weighted by Crippen LogP contribution is 2.35. The van der Waals surface area contributed by atoms with E-state index in [2.05, 4.69) is 6.92 Å². The number of rotatable bonds is 5. The summed E-state index contributed by atoms with van der Waals surface area (Å²) in [6.45, 7) is 2.05. The van der Waals surface area contributed by atoms with Gasteiger partial charge in [0, 0.05) is 22.2 Å². The number of thiophene rings is 1. The summed E-state index contributed by atoms with van der Waals surface area (Å²) in [7, 11) is 0. The van der Waals surface area contributed by atoms with Crippen LogP contribution in [0.5, 0.6) is 0 Å². The Labute approximate surface area is 119 Å². The number of non-ortho nitro benzene ring substituents is 1. The summed E-state index contributed by atoms with van der Waals surface area (Å²) in [5.74, 6) is 0. The lowest BCUT2D eigenvalue weighted by Crippen LogP contribution is -1.93. The molecule has 1 aromatic carbocycles. The molecule has 0 saturated heterocycles. The second kappa shape index (κ2) is 5.67. The highest BCUT2D eigenvalue weighted by atomic mass is 35.5. The van der Waals surface area contributed by atoms with Gasteiger partial charge in [-0.15, -0.1) is 11.3 Å². The van der Waals surface area contributed by atoms with Crippen molar-refractivity contribution < 1.29 is 9.72 Å². The van der Waals surface area contributed by atoms with Gasteiger partial charge >= 0.3 is 0 Å². The van der Waals surface area contributed by atoms with Crippen molar-refractivity contribution in [3.8, 4) is 0 Å². The van der Waals surface area contributed by atoms with Crippen molar-refractivity contribution in [2.24, 2.45) is 0 Å². The summed E-state index contributed by atoms with van der Waals surface area (Å²) >= 11 is 6.90. The van der Waals surface area contributed by atoms with Crippen LogP contribution in [0.15, 0.2) is 18.2 Å². The Hall–Kier alpha value is -1.46. The second-order valence-electron chi connectivity index (χ2n) is 4.22. The van der Waals surface area contributed by atoms with Gasteiger partial charge in [-0.25, -0.2) is 0 Å². The van der Waals surface area contributed by atoms with E-state index in [1.807, 2.05) is 0 Å². The summed E-state index contributed by atoms with van der Waals surface area (Å²) in [6, 6.07) is 4.65. The van der Waals surface area contributed by atoms with E-state index in [0.717, 1.165) is 28.5 Å². The molecule has 100 valence electrons. The summed E-state index contributed by atoms with van der Waals surface area (Å²) < 4.78 is 0.862. The van der Waals surface area contributed by atoms with E-state index in [1.165, 1.54) is 23.5 Å². The molecule has 0 spiro atoms. The number of nitro groups is 1. The molecule has 1 aromatic heterocycles. The van der Waals surface area contributed by atoms with Crippen molar-refractivity contribution in [3.05, 3.63) is 38.8 Å². The molecule has 0 aliphatic rings. The molecule has 19 heavy (non-hydrogen) atoms. The number of hydrogen-bond donors (Lipinski definition) is 0. The maximum Gasteiger partial charge on any atom is 0.270 e. The fourth-order valence-corrected chi connectivity index (χ4v) is 3.30. The topological polar surface area (TPSA) is 60.2 Å². The zero-order chi connectivity index (χ0) is 14.0. The molecular weight excluding hydrogens is 286 g/mol. The molecule has 2 rings (SSSR count). The van der Waals surface area contributed by atoms with E-state index in [4.69, 9.17) is 11.6 Å². The number of unbranched alkanes of at least 4 members (excludes halogenated alkanes) is 1. The number of fused-ring (bicyclic) bond motifs is 1. The van der Waals surface area contributed by atoms with Gasteiger partial charge in [0.1, 0.15) is 0 Å². The molecule has 4 nitrogen and oxygen atoms in total. The first-order valence-electron chi connectivity index (χ1n) is 5.94. The quantitative estimate of drug-likeness (QED) is 0.463. The normalized spacial score (nSPS) is 10.8.